The lowest BCUT2D eigenvalue weighted by Gasteiger charge is -2.12. The summed E-state index contributed by atoms with van der Waals surface area (Å²) in [5, 5.41) is 14.5. The monoisotopic (exact) mass is 487 g/mol. The normalized spacial score (nSPS) is 14.8. The zero-order chi connectivity index (χ0) is 20.1. The van der Waals surface area contributed by atoms with Crippen molar-refractivity contribution >= 4 is 46.0 Å². The van der Waals surface area contributed by atoms with Crippen LogP contribution in [0.15, 0.2) is 53.1 Å². The van der Waals surface area contributed by atoms with E-state index in [0.29, 0.717) is 29.4 Å². The third-order valence-corrected chi connectivity index (χ3v) is 4.72. The van der Waals surface area contributed by atoms with E-state index in [-0.39, 0.29) is 12.5 Å². The minimum atomic E-state index is -0.179. The molecule has 2 aromatic rings. The van der Waals surface area contributed by atoms with Crippen molar-refractivity contribution in [1.82, 2.24) is 0 Å². The standard InChI is InChI=1S/C21H18IN3O3/c1-3-27-20-13-15(4-9-19(20)28-11-10-23)12-18-14(2)24-25(21(18)26)17-7-5-16(22)6-8-17/h4-9,12-13H,3,11H2,1-2H3. The molecule has 0 bridgehead atoms. The van der Waals surface area contributed by atoms with Gasteiger partial charge in [-0.3, -0.25) is 4.79 Å². The Hall–Kier alpha value is -2.86. The summed E-state index contributed by atoms with van der Waals surface area (Å²) in [6.07, 6.45) is 1.78. The maximum absolute atomic E-state index is 12.9. The molecule has 6 nitrogen and oxygen atoms in total. The number of ether oxygens (including phenoxy) is 2. The predicted octanol–water partition coefficient (Wildman–Crippen LogP) is 4.40. The van der Waals surface area contributed by atoms with Gasteiger partial charge in [0.1, 0.15) is 6.07 Å². The van der Waals surface area contributed by atoms with Crippen molar-refractivity contribution in [2.24, 2.45) is 5.10 Å². The molecule has 0 fully saturated rings. The summed E-state index contributed by atoms with van der Waals surface area (Å²) in [7, 11) is 0. The van der Waals surface area contributed by atoms with Crippen molar-refractivity contribution in [2.75, 3.05) is 18.2 Å². The fourth-order valence-electron chi connectivity index (χ4n) is 2.72. The van der Waals surface area contributed by atoms with E-state index in [4.69, 9.17) is 14.7 Å². The van der Waals surface area contributed by atoms with Crippen molar-refractivity contribution in [3.05, 3.63) is 57.2 Å². The molecule has 0 atom stereocenters. The Morgan fingerprint density at radius 2 is 1.93 bits per heavy atom. The lowest BCUT2D eigenvalue weighted by molar-refractivity contribution is -0.114. The van der Waals surface area contributed by atoms with Crippen LogP contribution in [-0.2, 0) is 4.79 Å². The number of hydrogen-bond acceptors (Lipinski definition) is 5. The highest BCUT2D eigenvalue weighted by Crippen LogP contribution is 2.31. The van der Waals surface area contributed by atoms with Gasteiger partial charge in [0, 0.05) is 3.57 Å². The van der Waals surface area contributed by atoms with Gasteiger partial charge in [-0.2, -0.15) is 15.4 Å². The number of anilines is 1. The Kier molecular flexibility index (Phi) is 6.31. The molecule has 0 aliphatic carbocycles. The van der Waals surface area contributed by atoms with Gasteiger partial charge in [0.2, 0.25) is 0 Å². The van der Waals surface area contributed by atoms with Crippen molar-refractivity contribution in [1.29, 1.82) is 5.26 Å². The molecule has 1 aliphatic rings. The summed E-state index contributed by atoms with van der Waals surface area (Å²) in [5.74, 6) is 0.845. The first kappa shape index (κ1) is 19.9. The molecule has 1 aliphatic heterocycles. The van der Waals surface area contributed by atoms with Crippen molar-refractivity contribution < 1.29 is 14.3 Å². The average Bonchev–Trinajstić information content (AvgIpc) is 2.96. The summed E-state index contributed by atoms with van der Waals surface area (Å²) in [5.41, 5.74) is 2.68. The quantitative estimate of drug-likeness (QED) is 0.448. The predicted molar refractivity (Wildman–Crippen MR) is 116 cm³/mol. The molecule has 0 aromatic heterocycles. The second-order valence-electron chi connectivity index (χ2n) is 5.92. The van der Waals surface area contributed by atoms with E-state index < -0.39 is 0 Å². The summed E-state index contributed by atoms with van der Waals surface area (Å²) in [4.78, 5) is 12.9. The molecule has 3 rings (SSSR count). The maximum atomic E-state index is 12.9. The molecule has 0 saturated heterocycles. The van der Waals surface area contributed by atoms with Crippen LogP contribution in [0.25, 0.3) is 6.08 Å². The molecule has 7 heteroatoms. The zero-order valence-corrected chi connectivity index (χ0v) is 17.6. The van der Waals surface area contributed by atoms with Crippen molar-refractivity contribution in [2.45, 2.75) is 13.8 Å². The van der Waals surface area contributed by atoms with Gasteiger partial charge >= 0.3 is 0 Å². The Morgan fingerprint density at radius 1 is 1.18 bits per heavy atom. The minimum Gasteiger partial charge on any atom is -0.490 e. The summed E-state index contributed by atoms with van der Waals surface area (Å²) in [6.45, 7) is 4.08. The minimum absolute atomic E-state index is 0.0598. The first-order chi connectivity index (χ1) is 13.5. The van der Waals surface area contributed by atoms with E-state index in [1.807, 2.05) is 50.2 Å². The number of rotatable bonds is 6. The highest BCUT2D eigenvalue weighted by Gasteiger charge is 2.28. The van der Waals surface area contributed by atoms with Gasteiger partial charge in [-0.15, -0.1) is 0 Å². The number of benzene rings is 2. The van der Waals surface area contributed by atoms with Gasteiger partial charge in [0.05, 0.1) is 23.6 Å². The molecule has 0 N–H and O–H groups in total. The summed E-state index contributed by atoms with van der Waals surface area (Å²) in [6, 6.07) is 14.9. The second-order valence-corrected chi connectivity index (χ2v) is 7.17. The molecular formula is C21H18IN3O3. The van der Waals surface area contributed by atoms with Gasteiger partial charge in [0.15, 0.2) is 18.1 Å². The van der Waals surface area contributed by atoms with Crippen LogP contribution in [0.2, 0.25) is 0 Å². The van der Waals surface area contributed by atoms with Gasteiger partial charge in [-0.25, -0.2) is 0 Å². The number of halogens is 1. The van der Waals surface area contributed by atoms with Crippen LogP contribution in [0.1, 0.15) is 19.4 Å². The van der Waals surface area contributed by atoms with Gasteiger partial charge in [-0.05, 0) is 84.5 Å². The van der Waals surface area contributed by atoms with Crippen LogP contribution in [0.5, 0.6) is 11.5 Å². The summed E-state index contributed by atoms with van der Waals surface area (Å²) < 4.78 is 12.1. The number of amides is 1. The van der Waals surface area contributed by atoms with E-state index in [2.05, 4.69) is 27.7 Å². The fourth-order valence-corrected chi connectivity index (χ4v) is 3.08. The molecule has 0 radical (unpaired) electrons. The van der Waals surface area contributed by atoms with Crippen LogP contribution in [0, 0.1) is 14.9 Å². The fraction of sp³-hybridized carbons (Fsp3) is 0.190. The molecule has 0 unspecified atom stereocenters. The third kappa shape index (κ3) is 4.34. The SMILES string of the molecule is CCOc1cc(C=C2C(=O)N(c3ccc(I)cc3)N=C2C)ccc1OCC#N. The Labute approximate surface area is 177 Å². The molecule has 0 saturated carbocycles. The van der Waals surface area contributed by atoms with Crippen LogP contribution in [-0.4, -0.2) is 24.8 Å². The van der Waals surface area contributed by atoms with E-state index in [1.165, 1.54) is 5.01 Å². The van der Waals surface area contributed by atoms with Crippen LogP contribution >= 0.6 is 22.6 Å². The molecule has 28 heavy (non-hydrogen) atoms. The number of hydrogen-bond donors (Lipinski definition) is 0. The molecule has 0 spiro atoms. The third-order valence-electron chi connectivity index (χ3n) is 4.00. The Morgan fingerprint density at radius 3 is 2.61 bits per heavy atom. The number of hydrazone groups is 1. The van der Waals surface area contributed by atoms with Gasteiger partial charge in [-0.1, -0.05) is 6.07 Å². The smallest absolute Gasteiger partial charge is 0.280 e. The topological polar surface area (TPSA) is 74.9 Å². The Bertz CT molecular complexity index is 991. The Balaban J connectivity index is 1.89. The zero-order valence-electron chi connectivity index (χ0n) is 15.5. The molecule has 142 valence electrons. The van der Waals surface area contributed by atoms with E-state index >= 15 is 0 Å². The van der Waals surface area contributed by atoms with Crippen LogP contribution in [0.3, 0.4) is 0 Å². The number of nitrogens with zero attached hydrogens (tertiary/aromatic N) is 3. The van der Waals surface area contributed by atoms with E-state index in [9.17, 15) is 4.79 Å². The lowest BCUT2D eigenvalue weighted by atomic mass is 10.1. The first-order valence-electron chi connectivity index (χ1n) is 8.67. The molecule has 1 heterocycles. The number of carbonyl (C=O) groups is 1. The summed E-state index contributed by atoms with van der Waals surface area (Å²) >= 11 is 2.22. The number of nitriles is 1. The number of carbonyl (C=O) groups excluding carboxylic acids is 1. The van der Waals surface area contributed by atoms with Gasteiger partial charge < -0.3 is 9.47 Å². The van der Waals surface area contributed by atoms with Crippen LogP contribution < -0.4 is 14.5 Å². The van der Waals surface area contributed by atoms with Crippen molar-refractivity contribution in [3.8, 4) is 17.6 Å². The van der Waals surface area contributed by atoms with Gasteiger partial charge in [0.25, 0.3) is 5.91 Å². The molecule has 1 amide bonds. The highest BCUT2D eigenvalue weighted by atomic mass is 127. The second kappa shape index (κ2) is 8.89. The molecular weight excluding hydrogens is 469 g/mol. The molecule has 2 aromatic carbocycles. The first-order valence-corrected chi connectivity index (χ1v) is 9.75. The van der Waals surface area contributed by atoms with Crippen molar-refractivity contribution in [3.63, 3.8) is 0 Å². The maximum Gasteiger partial charge on any atom is 0.280 e. The lowest BCUT2D eigenvalue weighted by Crippen LogP contribution is -2.21. The average molecular weight is 487 g/mol. The van der Waals surface area contributed by atoms with E-state index in [0.717, 1.165) is 14.8 Å². The van der Waals surface area contributed by atoms with Crippen LogP contribution in [0.4, 0.5) is 5.69 Å². The van der Waals surface area contributed by atoms with E-state index in [1.54, 1.807) is 18.2 Å². The largest absolute Gasteiger partial charge is 0.490 e. The highest BCUT2D eigenvalue weighted by molar-refractivity contribution is 14.1.